The first-order valence-electron chi connectivity index (χ1n) is 3.53. The van der Waals surface area contributed by atoms with Gasteiger partial charge in [-0.05, 0) is 34.2 Å². The fourth-order valence-electron chi connectivity index (χ4n) is 0.920. The lowest BCUT2D eigenvalue weighted by molar-refractivity contribution is 0.145. The Bertz CT molecular complexity index is 390. The second-order valence-electron chi connectivity index (χ2n) is 2.42. The van der Waals surface area contributed by atoms with E-state index < -0.39 is 6.43 Å². The van der Waals surface area contributed by atoms with E-state index in [2.05, 4.69) is 20.9 Å². The highest BCUT2D eigenvalue weighted by atomic mass is 127. The van der Waals surface area contributed by atoms with E-state index in [9.17, 15) is 8.78 Å². The van der Waals surface area contributed by atoms with Crippen molar-refractivity contribution in [1.29, 1.82) is 5.26 Å². The maximum Gasteiger partial charge on any atom is 0.280 e. The molecule has 0 atom stereocenters. The van der Waals surface area contributed by atoms with E-state index in [0.29, 0.717) is 20.2 Å². The molecule has 0 aliphatic heterocycles. The second kappa shape index (κ2) is 4.98. The minimum atomic E-state index is -2.60. The molecule has 0 aliphatic carbocycles. The van der Waals surface area contributed by atoms with Crippen molar-refractivity contribution in [1.82, 2.24) is 4.98 Å². The number of hydrogen-bond donors (Lipinski definition) is 0. The summed E-state index contributed by atoms with van der Waals surface area (Å²) in [5.41, 5.74) is 0.608. The van der Waals surface area contributed by atoms with Crippen LogP contribution in [0.25, 0.3) is 0 Å². The molecule has 0 saturated carbocycles. The number of nitriles is 1. The Morgan fingerprint density at radius 3 is 2.71 bits per heavy atom. The minimum absolute atomic E-state index is 0.289. The predicted octanol–water partition coefficient (Wildman–Crippen LogP) is 3.39. The number of pyridine rings is 1. The molecule has 0 bridgehead atoms. The average Bonchev–Trinajstić information content (AvgIpc) is 2.16. The van der Waals surface area contributed by atoms with Gasteiger partial charge < -0.3 is 0 Å². The van der Waals surface area contributed by atoms with E-state index in [1.54, 1.807) is 22.6 Å². The van der Waals surface area contributed by atoms with Gasteiger partial charge >= 0.3 is 0 Å². The van der Waals surface area contributed by atoms with Gasteiger partial charge in [-0.3, -0.25) is 0 Å². The van der Waals surface area contributed by atoms with Crippen LogP contribution in [0.4, 0.5) is 8.78 Å². The monoisotopic (exact) mass is 372 g/mol. The van der Waals surface area contributed by atoms with Crippen LogP contribution in [0.5, 0.6) is 0 Å². The molecule has 0 unspecified atom stereocenters. The number of hydrogen-bond acceptors (Lipinski definition) is 2. The quantitative estimate of drug-likeness (QED) is 0.453. The highest BCUT2D eigenvalue weighted by molar-refractivity contribution is 14.1. The minimum Gasteiger partial charge on any atom is -0.239 e. The topological polar surface area (TPSA) is 36.7 Å². The summed E-state index contributed by atoms with van der Waals surface area (Å²) in [6.45, 7) is 0. The number of rotatable bonds is 2. The van der Waals surface area contributed by atoms with Crippen molar-refractivity contribution in [3.05, 3.63) is 26.6 Å². The number of alkyl halides is 3. The van der Waals surface area contributed by atoms with Gasteiger partial charge in [-0.25, -0.2) is 13.8 Å². The lowest BCUT2D eigenvalue weighted by Gasteiger charge is -2.05. The summed E-state index contributed by atoms with van der Waals surface area (Å²) in [6, 6.07) is 3.19. The van der Waals surface area contributed by atoms with Crippen LogP contribution in [0.1, 0.15) is 23.2 Å². The van der Waals surface area contributed by atoms with E-state index in [-0.39, 0.29) is 5.69 Å². The standard InChI is InChI=1S/C8H4BrF2IN2/c9-2-4-1-6(7(10)11)14-8(12)5(4)3-13/h1,7H,2H2. The van der Waals surface area contributed by atoms with Crippen LogP contribution >= 0.6 is 38.5 Å². The number of halogens is 4. The molecule has 1 aromatic heterocycles. The highest BCUT2D eigenvalue weighted by Gasteiger charge is 2.15. The summed E-state index contributed by atoms with van der Waals surface area (Å²) in [5, 5.41) is 9.13. The molecule has 2 nitrogen and oxygen atoms in total. The number of nitrogens with zero attached hydrogens (tertiary/aromatic N) is 2. The van der Waals surface area contributed by atoms with E-state index in [1.165, 1.54) is 6.07 Å². The molecule has 0 aromatic carbocycles. The Morgan fingerprint density at radius 2 is 2.29 bits per heavy atom. The molecule has 74 valence electrons. The van der Waals surface area contributed by atoms with Crippen molar-refractivity contribution < 1.29 is 8.78 Å². The summed E-state index contributed by atoms with van der Waals surface area (Å²) in [6.07, 6.45) is -2.60. The van der Waals surface area contributed by atoms with Gasteiger partial charge in [-0.1, -0.05) is 15.9 Å². The van der Waals surface area contributed by atoms with Crippen molar-refractivity contribution in [3.8, 4) is 6.07 Å². The lowest BCUT2D eigenvalue weighted by Crippen LogP contribution is -2.00. The fourth-order valence-corrected chi connectivity index (χ4v) is 2.11. The van der Waals surface area contributed by atoms with Gasteiger partial charge in [0.15, 0.2) is 0 Å². The van der Waals surface area contributed by atoms with Gasteiger partial charge in [-0.15, -0.1) is 0 Å². The predicted molar refractivity (Wildman–Crippen MR) is 59.3 cm³/mol. The Kier molecular flexibility index (Phi) is 4.19. The van der Waals surface area contributed by atoms with E-state index in [4.69, 9.17) is 5.26 Å². The molecule has 1 aromatic rings. The highest BCUT2D eigenvalue weighted by Crippen LogP contribution is 2.24. The van der Waals surface area contributed by atoms with E-state index >= 15 is 0 Å². The molecule has 0 amide bonds. The van der Waals surface area contributed by atoms with Crippen molar-refractivity contribution in [2.75, 3.05) is 0 Å². The zero-order valence-electron chi connectivity index (χ0n) is 6.77. The first-order valence-corrected chi connectivity index (χ1v) is 5.73. The Labute approximate surface area is 102 Å². The third kappa shape index (κ3) is 2.39. The molecule has 0 spiro atoms. The summed E-state index contributed by atoms with van der Waals surface area (Å²) >= 11 is 4.92. The molecule has 1 rings (SSSR count). The van der Waals surface area contributed by atoms with Gasteiger partial charge in [0.05, 0.1) is 5.56 Å². The molecule has 1 heterocycles. The normalized spacial score (nSPS) is 10.3. The van der Waals surface area contributed by atoms with Gasteiger partial charge in [0.2, 0.25) is 0 Å². The zero-order chi connectivity index (χ0) is 10.7. The van der Waals surface area contributed by atoms with Gasteiger partial charge in [0.1, 0.15) is 15.5 Å². The first-order chi connectivity index (χ1) is 6.60. The van der Waals surface area contributed by atoms with Crippen LogP contribution in [0.15, 0.2) is 6.07 Å². The number of aromatic nitrogens is 1. The van der Waals surface area contributed by atoms with Gasteiger partial charge in [-0.2, -0.15) is 5.26 Å². The third-order valence-corrected chi connectivity index (χ3v) is 2.94. The van der Waals surface area contributed by atoms with Crippen molar-refractivity contribution in [2.24, 2.45) is 0 Å². The van der Waals surface area contributed by atoms with Crippen LogP contribution in [0, 0.1) is 15.0 Å². The molecular formula is C8H4BrF2IN2. The van der Waals surface area contributed by atoms with Crippen molar-refractivity contribution >= 4 is 38.5 Å². The molecule has 0 saturated heterocycles. The maximum absolute atomic E-state index is 12.3. The van der Waals surface area contributed by atoms with Crippen LogP contribution in [0.3, 0.4) is 0 Å². The van der Waals surface area contributed by atoms with Crippen LogP contribution in [0.2, 0.25) is 0 Å². The van der Waals surface area contributed by atoms with Crippen LogP contribution in [-0.4, -0.2) is 4.98 Å². The van der Waals surface area contributed by atoms with Gasteiger partial charge in [0, 0.05) is 5.33 Å². The van der Waals surface area contributed by atoms with Crippen molar-refractivity contribution in [3.63, 3.8) is 0 Å². The molecule has 0 N–H and O–H groups in total. The molecular weight excluding hydrogens is 369 g/mol. The molecule has 0 radical (unpaired) electrons. The molecule has 0 aliphatic rings. The Balaban J connectivity index is 3.33. The zero-order valence-corrected chi connectivity index (χ0v) is 10.5. The lowest BCUT2D eigenvalue weighted by atomic mass is 10.1. The average molecular weight is 373 g/mol. The molecule has 0 fully saturated rings. The Morgan fingerprint density at radius 1 is 1.64 bits per heavy atom. The van der Waals surface area contributed by atoms with Crippen LogP contribution in [-0.2, 0) is 5.33 Å². The maximum atomic E-state index is 12.3. The summed E-state index contributed by atoms with van der Waals surface area (Å²) in [7, 11) is 0. The first kappa shape index (κ1) is 11.8. The fraction of sp³-hybridized carbons (Fsp3) is 0.250. The second-order valence-corrected chi connectivity index (χ2v) is 4.00. The molecule has 6 heteroatoms. The molecule has 14 heavy (non-hydrogen) atoms. The smallest absolute Gasteiger partial charge is 0.239 e. The van der Waals surface area contributed by atoms with Crippen LogP contribution < -0.4 is 0 Å². The third-order valence-electron chi connectivity index (χ3n) is 1.56. The SMILES string of the molecule is N#Cc1c(CBr)cc(C(F)F)nc1I. The summed E-state index contributed by atoms with van der Waals surface area (Å²) in [4.78, 5) is 3.65. The van der Waals surface area contributed by atoms with E-state index in [0.717, 1.165) is 0 Å². The van der Waals surface area contributed by atoms with Gasteiger partial charge in [0.25, 0.3) is 6.43 Å². The summed E-state index contributed by atoms with van der Waals surface area (Å²) in [5.74, 6) is 0. The van der Waals surface area contributed by atoms with E-state index in [1.807, 2.05) is 6.07 Å². The Hall–Kier alpha value is -0.290. The van der Waals surface area contributed by atoms with Crippen molar-refractivity contribution in [2.45, 2.75) is 11.8 Å². The summed E-state index contributed by atoms with van der Waals surface area (Å²) < 4.78 is 25.0. The largest absolute Gasteiger partial charge is 0.280 e.